The van der Waals surface area contributed by atoms with Crippen LogP contribution in [0.15, 0.2) is 29.4 Å². The van der Waals surface area contributed by atoms with Crippen molar-refractivity contribution in [3.63, 3.8) is 0 Å². The molecule has 1 heterocycles. The van der Waals surface area contributed by atoms with Crippen molar-refractivity contribution in [2.45, 2.75) is 12.1 Å². The van der Waals surface area contributed by atoms with Gasteiger partial charge in [-0.1, -0.05) is 23.9 Å². The normalized spacial score (nSPS) is 10.4. The Morgan fingerprint density at radius 1 is 1.33 bits per heavy atom. The van der Waals surface area contributed by atoms with E-state index in [0.29, 0.717) is 10.7 Å². The predicted molar refractivity (Wildman–Crippen MR) is 69.4 cm³/mol. The number of hydrogen-bond donors (Lipinski definition) is 1. The molecule has 0 aliphatic rings. The molecule has 1 aromatic heterocycles. The first-order valence-corrected chi connectivity index (χ1v) is 6.44. The standard InChI is InChI=1S/C12H12FN3OS/c1-7-4-3-5-8(11(7)13)17-10-6-9(14)15-12(16-10)18-2/h3-6H,1-2H3,(H2,14,15,16). The third-order valence-electron chi connectivity index (χ3n) is 2.26. The molecule has 0 aliphatic heterocycles. The highest BCUT2D eigenvalue weighted by molar-refractivity contribution is 7.98. The van der Waals surface area contributed by atoms with Crippen LogP contribution in [0.3, 0.4) is 0 Å². The van der Waals surface area contributed by atoms with Crippen molar-refractivity contribution in [2.75, 3.05) is 12.0 Å². The molecule has 4 nitrogen and oxygen atoms in total. The van der Waals surface area contributed by atoms with Crippen LogP contribution in [0.2, 0.25) is 0 Å². The molecule has 0 radical (unpaired) electrons. The van der Waals surface area contributed by atoms with E-state index in [9.17, 15) is 4.39 Å². The van der Waals surface area contributed by atoms with Gasteiger partial charge >= 0.3 is 0 Å². The van der Waals surface area contributed by atoms with E-state index in [-0.39, 0.29) is 17.4 Å². The lowest BCUT2D eigenvalue weighted by molar-refractivity contribution is 0.421. The van der Waals surface area contributed by atoms with Crippen LogP contribution in [0.1, 0.15) is 5.56 Å². The molecule has 0 amide bonds. The number of nitrogens with zero attached hydrogens (tertiary/aromatic N) is 2. The number of ether oxygens (including phenoxy) is 1. The lowest BCUT2D eigenvalue weighted by atomic mass is 10.2. The van der Waals surface area contributed by atoms with Crippen LogP contribution in [0.4, 0.5) is 10.2 Å². The zero-order chi connectivity index (χ0) is 13.1. The summed E-state index contributed by atoms with van der Waals surface area (Å²) in [7, 11) is 0. The molecule has 0 fully saturated rings. The number of benzene rings is 1. The average Bonchev–Trinajstić information content (AvgIpc) is 2.34. The van der Waals surface area contributed by atoms with Gasteiger partial charge in [0, 0.05) is 6.07 Å². The number of aromatic nitrogens is 2. The van der Waals surface area contributed by atoms with Crippen LogP contribution in [0, 0.1) is 12.7 Å². The summed E-state index contributed by atoms with van der Waals surface area (Å²) in [5, 5.41) is 0.484. The Morgan fingerprint density at radius 3 is 2.83 bits per heavy atom. The average molecular weight is 265 g/mol. The number of rotatable bonds is 3. The van der Waals surface area contributed by atoms with Crippen LogP contribution >= 0.6 is 11.8 Å². The molecule has 2 rings (SSSR count). The first-order chi connectivity index (χ1) is 8.60. The SMILES string of the molecule is CSc1nc(N)cc(Oc2cccc(C)c2F)n1. The van der Waals surface area contributed by atoms with Gasteiger partial charge in [0.2, 0.25) is 5.88 Å². The highest BCUT2D eigenvalue weighted by atomic mass is 32.2. The number of thioether (sulfide) groups is 1. The van der Waals surface area contributed by atoms with E-state index in [1.807, 2.05) is 6.26 Å². The summed E-state index contributed by atoms with van der Waals surface area (Å²) in [5.41, 5.74) is 6.13. The van der Waals surface area contributed by atoms with Gasteiger partial charge in [-0.05, 0) is 24.8 Å². The number of nitrogen functional groups attached to an aromatic ring is 1. The molecule has 2 N–H and O–H groups in total. The van der Waals surface area contributed by atoms with Gasteiger partial charge in [0.15, 0.2) is 16.7 Å². The van der Waals surface area contributed by atoms with Gasteiger partial charge in [-0.2, -0.15) is 4.98 Å². The highest BCUT2D eigenvalue weighted by Crippen LogP contribution is 2.26. The van der Waals surface area contributed by atoms with Crippen LogP contribution in [-0.4, -0.2) is 16.2 Å². The van der Waals surface area contributed by atoms with Crippen molar-refractivity contribution >= 4 is 17.6 Å². The maximum absolute atomic E-state index is 13.8. The second kappa shape index (κ2) is 5.22. The maximum atomic E-state index is 13.8. The molecule has 0 saturated carbocycles. The molecular weight excluding hydrogens is 253 g/mol. The molecular formula is C12H12FN3OS. The first-order valence-electron chi connectivity index (χ1n) is 5.21. The van der Waals surface area contributed by atoms with Gasteiger partial charge < -0.3 is 10.5 Å². The fourth-order valence-corrected chi connectivity index (χ4v) is 1.75. The van der Waals surface area contributed by atoms with Gasteiger partial charge in [-0.15, -0.1) is 0 Å². The number of aryl methyl sites for hydroxylation is 1. The monoisotopic (exact) mass is 265 g/mol. The minimum absolute atomic E-state index is 0.125. The Morgan fingerprint density at radius 2 is 2.11 bits per heavy atom. The number of nitrogens with two attached hydrogens (primary N) is 1. The molecule has 1 aromatic carbocycles. The van der Waals surface area contributed by atoms with Crippen LogP contribution in [-0.2, 0) is 0 Å². The lowest BCUT2D eigenvalue weighted by Gasteiger charge is -2.08. The summed E-state index contributed by atoms with van der Waals surface area (Å²) in [5.74, 6) is 0.245. The predicted octanol–water partition coefficient (Wildman–Crippen LogP) is 3.02. The summed E-state index contributed by atoms with van der Waals surface area (Å²) in [6.07, 6.45) is 1.83. The van der Waals surface area contributed by atoms with Crippen molar-refractivity contribution in [1.29, 1.82) is 0 Å². The van der Waals surface area contributed by atoms with Crippen molar-refractivity contribution in [1.82, 2.24) is 9.97 Å². The van der Waals surface area contributed by atoms with E-state index in [4.69, 9.17) is 10.5 Å². The molecule has 0 aliphatic carbocycles. The highest BCUT2D eigenvalue weighted by Gasteiger charge is 2.09. The summed E-state index contributed by atoms with van der Waals surface area (Å²) in [6, 6.07) is 6.39. The van der Waals surface area contributed by atoms with Crippen LogP contribution in [0.25, 0.3) is 0 Å². The fourth-order valence-electron chi connectivity index (χ4n) is 1.38. The van der Waals surface area contributed by atoms with E-state index in [1.54, 1.807) is 25.1 Å². The Kier molecular flexibility index (Phi) is 3.66. The van der Waals surface area contributed by atoms with E-state index < -0.39 is 5.82 Å². The smallest absolute Gasteiger partial charge is 0.225 e. The van der Waals surface area contributed by atoms with E-state index in [0.717, 1.165) is 0 Å². The Labute approximate surface area is 108 Å². The van der Waals surface area contributed by atoms with Crippen molar-refractivity contribution < 1.29 is 9.13 Å². The van der Waals surface area contributed by atoms with Crippen molar-refractivity contribution in [3.8, 4) is 11.6 Å². The Balaban J connectivity index is 2.34. The molecule has 0 saturated heterocycles. The third kappa shape index (κ3) is 2.70. The minimum atomic E-state index is -0.402. The summed E-state index contributed by atoms with van der Waals surface area (Å²) in [6.45, 7) is 1.67. The minimum Gasteiger partial charge on any atom is -0.436 e. The summed E-state index contributed by atoms with van der Waals surface area (Å²) < 4.78 is 19.2. The van der Waals surface area contributed by atoms with Crippen LogP contribution in [0.5, 0.6) is 11.6 Å². The lowest BCUT2D eigenvalue weighted by Crippen LogP contribution is -1.98. The number of anilines is 1. The van der Waals surface area contributed by atoms with Crippen molar-refractivity contribution in [2.24, 2.45) is 0 Å². The molecule has 2 aromatic rings. The fraction of sp³-hybridized carbons (Fsp3) is 0.167. The zero-order valence-corrected chi connectivity index (χ0v) is 10.8. The molecule has 94 valence electrons. The second-order valence-corrected chi connectivity index (χ2v) is 4.38. The summed E-state index contributed by atoms with van der Waals surface area (Å²) in [4.78, 5) is 8.09. The zero-order valence-electron chi connectivity index (χ0n) is 9.98. The van der Waals surface area contributed by atoms with E-state index >= 15 is 0 Å². The van der Waals surface area contributed by atoms with E-state index in [1.165, 1.54) is 17.8 Å². The topological polar surface area (TPSA) is 61.0 Å². The largest absolute Gasteiger partial charge is 0.436 e. The Hall–Kier alpha value is -1.82. The third-order valence-corrected chi connectivity index (χ3v) is 2.80. The van der Waals surface area contributed by atoms with Crippen LogP contribution < -0.4 is 10.5 Å². The molecule has 6 heteroatoms. The number of hydrogen-bond acceptors (Lipinski definition) is 5. The van der Waals surface area contributed by atoms with E-state index in [2.05, 4.69) is 9.97 Å². The van der Waals surface area contributed by atoms with Crippen molar-refractivity contribution in [3.05, 3.63) is 35.6 Å². The molecule has 0 spiro atoms. The molecule has 18 heavy (non-hydrogen) atoms. The molecule has 0 bridgehead atoms. The van der Waals surface area contributed by atoms with Gasteiger partial charge in [-0.3, -0.25) is 0 Å². The Bertz CT molecular complexity index is 577. The van der Waals surface area contributed by atoms with Gasteiger partial charge in [0.25, 0.3) is 0 Å². The second-order valence-electron chi connectivity index (χ2n) is 3.61. The van der Waals surface area contributed by atoms with Gasteiger partial charge in [-0.25, -0.2) is 9.37 Å². The van der Waals surface area contributed by atoms with Gasteiger partial charge in [0.05, 0.1) is 0 Å². The molecule has 0 atom stereocenters. The van der Waals surface area contributed by atoms with Gasteiger partial charge in [0.1, 0.15) is 5.82 Å². The maximum Gasteiger partial charge on any atom is 0.225 e. The molecule has 0 unspecified atom stereocenters. The summed E-state index contributed by atoms with van der Waals surface area (Å²) >= 11 is 1.34. The quantitative estimate of drug-likeness (QED) is 0.682. The first kappa shape index (κ1) is 12.6. The number of halogens is 1.